The van der Waals surface area contributed by atoms with Gasteiger partial charge in [0.15, 0.2) is 0 Å². The molecule has 0 aliphatic rings. The van der Waals surface area contributed by atoms with E-state index in [1.54, 1.807) is 16.5 Å². The Labute approximate surface area is 127 Å². The van der Waals surface area contributed by atoms with Crippen LogP contribution >= 0.6 is 11.3 Å². The molecule has 1 aromatic carbocycles. The number of carboxylic acid groups (broad SMARTS) is 1. The van der Waals surface area contributed by atoms with Crippen molar-refractivity contribution in [3.05, 3.63) is 29.3 Å². The van der Waals surface area contributed by atoms with E-state index >= 15 is 0 Å². The molecule has 0 bridgehead atoms. The molecule has 1 N–H and O–H groups in total. The Bertz CT molecular complexity index is 673. The number of nitrogens with zero attached hydrogens (tertiary/aromatic N) is 2. The quantitative estimate of drug-likeness (QED) is 0.942. The van der Waals surface area contributed by atoms with Gasteiger partial charge in [-0.1, -0.05) is 0 Å². The van der Waals surface area contributed by atoms with Crippen molar-refractivity contribution in [2.75, 3.05) is 6.54 Å². The van der Waals surface area contributed by atoms with Gasteiger partial charge >= 0.3 is 5.97 Å². The van der Waals surface area contributed by atoms with Crippen molar-refractivity contribution < 1.29 is 14.7 Å². The molecule has 5 nitrogen and oxygen atoms in total. The second-order valence-corrected chi connectivity index (χ2v) is 6.69. The number of aromatic nitrogens is 1. The molecular formula is C15H18N2O3S. The molecule has 0 fully saturated rings. The van der Waals surface area contributed by atoms with Gasteiger partial charge in [0.25, 0.3) is 5.91 Å². The van der Waals surface area contributed by atoms with Crippen LogP contribution in [-0.4, -0.2) is 39.0 Å². The average molecular weight is 306 g/mol. The van der Waals surface area contributed by atoms with Crippen molar-refractivity contribution in [2.24, 2.45) is 0 Å². The molecule has 0 radical (unpaired) electrons. The number of hydrogen-bond acceptors (Lipinski definition) is 4. The summed E-state index contributed by atoms with van der Waals surface area (Å²) in [5.41, 5.74) is 2.73. The third-order valence-corrected chi connectivity index (χ3v) is 3.97. The summed E-state index contributed by atoms with van der Waals surface area (Å²) in [5.74, 6) is -1.06. The van der Waals surface area contributed by atoms with Crippen molar-refractivity contribution >= 4 is 33.4 Å². The van der Waals surface area contributed by atoms with Crippen LogP contribution in [0.15, 0.2) is 23.7 Å². The maximum atomic E-state index is 12.7. The Hall–Kier alpha value is -1.95. The van der Waals surface area contributed by atoms with Gasteiger partial charge in [0.2, 0.25) is 0 Å². The number of amides is 1. The Balaban J connectivity index is 2.29. The number of hydrogen-bond donors (Lipinski definition) is 1. The highest BCUT2D eigenvalue weighted by molar-refractivity contribution is 7.16. The van der Waals surface area contributed by atoms with Gasteiger partial charge in [0.1, 0.15) is 0 Å². The van der Waals surface area contributed by atoms with Crippen LogP contribution in [0.4, 0.5) is 0 Å². The van der Waals surface area contributed by atoms with Gasteiger partial charge in [-0.3, -0.25) is 9.59 Å². The minimum absolute atomic E-state index is 0.0637. The van der Waals surface area contributed by atoms with E-state index in [2.05, 4.69) is 4.98 Å². The van der Waals surface area contributed by atoms with Gasteiger partial charge in [0, 0.05) is 17.6 Å². The zero-order valence-electron chi connectivity index (χ0n) is 12.3. The smallest absolute Gasteiger partial charge is 0.305 e. The minimum atomic E-state index is -0.907. The number of aliphatic carboxylic acids is 1. The molecule has 112 valence electrons. The zero-order chi connectivity index (χ0) is 15.6. The molecule has 6 heteroatoms. The van der Waals surface area contributed by atoms with Gasteiger partial charge in [-0.15, -0.1) is 11.3 Å². The molecule has 0 saturated heterocycles. The highest BCUT2D eigenvalue weighted by atomic mass is 32.1. The Kier molecular flexibility index (Phi) is 4.27. The first-order valence-corrected chi connectivity index (χ1v) is 7.54. The second kappa shape index (κ2) is 5.81. The highest BCUT2D eigenvalue weighted by Crippen LogP contribution is 2.23. The van der Waals surface area contributed by atoms with E-state index in [9.17, 15) is 9.59 Å². The van der Waals surface area contributed by atoms with Crippen LogP contribution in [0.1, 0.15) is 37.6 Å². The SMILES string of the molecule is CC(C)(C)N(CCC(=O)O)C(=O)c1ccc2ncsc2c1. The van der Waals surface area contributed by atoms with Crippen molar-refractivity contribution in [3.63, 3.8) is 0 Å². The zero-order valence-corrected chi connectivity index (χ0v) is 13.1. The van der Waals surface area contributed by atoms with Crippen LogP contribution in [-0.2, 0) is 4.79 Å². The summed E-state index contributed by atoms with van der Waals surface area (Å²) in [6.07, 6.45) is -0.0637. The normalized spacial score (nSPS) is 11.6. The van der Waals surface area contributed by atoms with Crippen LogP contribution in [0.3, 0.4) is 0 Å². The Morgan fingerprint density at radius 3 is 2.67 bits per heavy atom. The monoisotopic (exact) mass is 306 g/mol. The van der Waals surface area contributed by atoms with E-state index < -0.39 is 11.5 Å². The molecule has 0 spiro atoms. The lowest BCUT2D eigenvalue weighted by molar-refractivity contribution is -0.137. The maximum absolute atomic E-state index is 12.7. The third-order valence-electron chi connectivity index (χ3n) is 3.18. The van der Waals surface area contributed by atoms with Gasteiger partial charge in [-0.05, 0) is 39.0 Å². The summed E-state index contributed by atoms with van der Waals surface area (Å²) in [6.45, 7) is 5.90. The number of thiazole rings is 1. The summed E-state index contributed by atoms with van der Waals surface area (Å²) in [6, 6.07) is 5.37. The molecule has 1 amide bonds. The van der Waals surface area contributed by atoms with Crippen molar-refractivity contribution in [1.82, 2.24) is 9.88 Å². The van der Waals surface area contributed by atoms with Crippen LogP contribution in [0.25, 0.3) is 10.2 Å². The predicted octanol–water partition coefficient (Wildman–Crippen LogP) is 3.01. The molecule has 1 heterocycles. The summed E-state index contributed by atoms with van der Waals surface area (Å²) in [5, 5.41) is 8.85. The van der Waals surface area contributed by atoms with E-state index in [1.807, 2.05) is 32.9 Å². The van der Waals surface area contributed by atoms with Crippen LogP contribution in [0.5, 0.6) is 0 Å². The van der Waals surface area contributed by atoms with E-state index in [0.717, 1.165) is 10.2 Å². The fourth-order valence-electron chi connectivity index (χ4n) is 2.09. The maximum Gasteiger partial charge on any atom is 0.305 e. The Morgan fingerprint density at radius 1 is 1.33 bits per heavy atom. The third kappa shape index (κ3) is 3.58. The van der Waals surface area contributed by atoms with E-state index in [0.29, 0.717) is 5.56 Å². The number of rotatable bonds is 4. The number of carboxylic acids is 1. The molecule has 0 unspecified atom stereocenters. The molecule has 0 saturated carbocycles. The molecule has 0 aliphatic heterocycles. The average Bonchev–Trinajstić information content (AvgIpc) is 2.83. The van der Waals surface area contributed by atoms with Crippen molar-refractivity contribution in [1.29, 1.82) is 0 Å². The largest absolute Gasteiger partial charge is 0.481 e. The summed E-state index contributed by atoms with van der Waals surface area (Å²) < 4.78 is 0.952. The standard InChI is InChI=1S/C15H18N2O3S/c1-15(2,3)17(7-6-13(18)19)14(20)10-4-5-11-12(8-10)21-9-16-11/h4-5,8-9H,6-7H2,1-3H3,(H,18,19). The first-order valence-electron chi connectivity index (χ1n) is 6.66. The molecule has 2 rings (SSSR count). The number of carbonyl (C=O) groups excluding carboxylic acids is 1. The molecular weight excluding hydrogens is 288 g/mol. The summed E-state index contributed by atoms with van der Waals surface area (Å²) in [4.78, 5) is 29.3. The van der Waals surface area contributed by atoms with Crippen LogP contribution in [0.2, 0.25) is 0 Å². The van der Waals surface area contributed by atoms with Gasteiger partial charge in [-0.2, -0.15) is 0 Å². The fourth-order valence-corrected chi connectivity index (χ4v) is 2.81. The first-order chi connectivity index (χ1) is 9.79. The molecule has 21 heavy (non-hydrogen) atoms. The molecule has 2 aromatic rings. The summed E-state index contributed by atoms with van der Waals surface area (Å²) >= 11 is 1.48. The minimum Gasteiger partial charge on any atom is -0.481 e. The van der Waals surface area contributed by atoms with E-state index in [4.69, 9.17) is 5.11 Å². The van der Waals surface area contributed by atoms with Crippen molar-refractivity contribution in [2.45, 2.75) is 32.7 Å². The summed E-state index contributed by atoms with van der Waals surface area (Å²) in [7, 11) is 0. The lowest BCUT2D eigenvalue weighted by Crippen LogP contribution is -2.46. The molecule has 0 atom stereocenters. The number of carbonyl (C=O) groups is 2. The van der Waals surface area contributed by atoms with Crippen LogP contribution in [0, 0.1) is 0 Å². The van der Waals surface area contributed by atoms with Crippen LogP contribution < -0.4 is 0 Å². The number of fused-ring (bicyclic) bond motifs is 1. The highest BCUT2D eigenvalue weighted by Gasteiger charge is 2.27. The number of benzene rings is 1. The van der Waals surface area contributed by atoms with Gasteiger partial charge in [-0.25, -0.2) is 4.98 Å². The lowest BCUT2D eigenvalue weighted by atomic mass is 10.0. The van der Waals surface area contributed by atoms with Gasteiger partial charge in [0.05, 0.1) is 22.1 Å². The molecule has 0 aliphatic carbocycles. The van der Waals surface area contributed by atoms with Crippen molar-refractivity contribution in [3.8, 4) is 0 Å². The van der Waals surface area contributed by atoms with E-state index in [-0.39, 0.29) is 18.9 Å². The molecule has 1 aromatic heterocycles. The van der Waals surface area contributed by atoms with Gasteiger partial charge < -0.3 is 10.0 Å². The first kappa shape index (κ1) is 15.4. The second-order valence-electron chi connectivity index (χ2n) is 5.81. The predicted molar refractivity (Wildman–Crippen MR) is 82.7 cm³/mol. The lowest BCUT2D eigenvalue weighted by Gasteiger charge is -2.35. The topological polar surface area (TPSA) is 70.5 Å². The Morgan fingerprint density at radius 2 is 2.05 bits per heavy atom. The fraction of sp³-hybridized carbons (Fsp3) is 0.400. The van der Waals surface area contributed by atoms with E-state index in [1.165, 1.54) is 11.3 Å².